The molecule has 1 aromatic carbocycles. The summed E-state index contributed by atoms with van der Waals surface area (Å²) in [6.07, 6.45) is 1.66. The van der Waals surface area contributed by atoms with Crippen LogP contribution in [0.3, 0.4) is 0 Å². The van der Waals surface area contributed by atoms with Gasteiger partial charge in [0.2, 0.25) is 10.0 Å². The van der Waals surface area contributed by atoms with Gasteiger partial charge in [-0.15, -0.1) is 11.3 Å². The summed E-state index contributed by atoms with van der Waals surface area (Å²) in [4.78, 5) is 0. The van der Waals surface area contributed by atoms with Crippen molar-refractivity contribution < 1.29 is 8.42 Å². The van der Waals surface area contributed by atoms with E-state index >= 15 is 0 Å². The SMILES string of the molecule is Cc1ccc(CCCNS(=O)(=O)c2ccc(Br)s2)cc1. The Kier molecular flexibility index (Phi) is 5.37. The van der Waals surface area contributed by atoms with Gasteiger partial charge in [0.05, 0.1) is 3.79 Å². The highest BCUT2D eigenvalue weighted by Crippen LogP contribution is 2.25. The third kappa shape index (κ3) is 4.41. The molecule has 1 N–H and O–H groups in total. The smallest absolute Gasteiger partial charge is 0.210 e. The van der Waals surface area contributed by atoms with Crippen LogP contribution in [0.1, 0.15) is 17.5 Å². The van der Waals surface area contributed by atoms with Crippen molar-refractivity contribution in [3.63, 3.8) is 0 Å². The Labute approximate surface area is 132 Å². The Morgan fingerprint density at radius 2 is 1.85 bits per heavy atom. The lowest BCUT2D eigenvalue weighted by Gasteiger charge is -2.05. The Balaban J connectivity index is 1.82. The number of aryl methyl sites for hydroxylation is 2. The van der Waals surface area contributed by atoms with Gasteiger partial charge in [0.15, 0.2) is 0 Å². The molecule has 2 aromatic rings. The Morgan fingerprint density at radius 3 is 2.45 bits per heavy atom. The molecule has 3 nitrogen and oxygen atoms in total. The second-order valence-corrected chi connectivity index (χ2v) is 9.00. The van der Waals surface area contributed by atoms with E-state index in [1.807, 2.05) is 0 Å². The summed E-state index contributed by atoms with van der Waals surface area (Å²) in [6, 6.07) is 11.7. The number of hydrogen-bond donors (Lipinski definition) is 1. The van der Waals surface area contributed by atoms with Crippen molar-refractivity contribution in [3.05, 3.63) is 51.3 Å². The predicted molar refractivity (Wildman–Crippen MR) is 86.7 cm³/mol. The van der Waals surface area contributed by atoms with E-state index in [1.54, 1.807) is 12.1 Å². The first-order valence-corrected chi connectivity index (χ1v) is 9.37. The molecule has 0 bridgehead atoms. The van der Waals surface area contributed by atoms with E-state index < -0.39 is 10.0 Å². The van der Waals surface area contributed by atoms with Crippen LogP contribution in [-0.2, 0) is 16.4 Å². The van der Waals surface area contributed by atoms with E-state index in [-0.39, 0.29) is 0 Å². The molecule has 0 aliphatic carbocycles. The fourth-order valence-electron chi connectivity index (χ4n) is 1.77. The van der Waals surface area contributed by atoms with Crippen molar-refractivity contribution in [3.8, 4) is 0 Å². The summed E-state index contributed by atoms with van der Waals surface area (Å²) in [5.41, 5.74) is 2.46. The molecule has 0 atom stereocenters. The van der Waals surface area contributed by atoms with Crippen molar-refractivity contribution in [1.29, 1.82) is 0 Å². The zero-order valence-corrected chi connectivity index (χ0v) is 14.3. The second kappa shape index (κ2) is 6.85. The molecule has 1 heterocycles. The van der Waals surface area contributed by atoms with Crippen LogP contribution in [0.5, 0.6) is 0 Å². The van der Waals surface area contributed by atoms with Gasteiger partial charge in [0.1, 0.15) is 4.21 Å². The molecule has 0 spiro atoms. The first kappa shape index (κ1) is 15.7. The molecule has 108 valence electrons. The third-order valence-electron chi connectivity index (χ3n) is 2.87. The average molecular weight is 374 g/mol. The predicted octanol–water partition coefficient (Wildman–Crippen LogP) is 3.73. The van der Waals surface area contributed by atoms with Crippen LogP contribution in [-0.4, -0.2) is 15.0 Å². The first-order chi connectivity index (χ1) is 9.47. The highest BCUT2D eigenvalue weighted by Gasteiger charge is 2.15. The molecule has 0 aliphatic rings. The molecule has 0 amide bonds. The van der Waals surface area contributed by atoms with Crippen molar-refractivity contribution >= 4 is 37.3 Å². The topological polar surface area (TPSA) is 46.2 Å². The fourth-order valence-corrected chi connectivity index (χ4v) is 4.90. The molecule has 0 aliphatic heterocycles. The molecular formula is C14H16BrNO2S2. The Hall–Kier alpha value is -0.690. The van der Waals surface area contributed by atoms with Crippen LogP contribution < -0.4 is 4.72 Å². The van der Waals surface area contributed by atoms with Crippen LogP contribution in [0.15, 0.2) is 44.4 Å². The number of rotatable bonds is 6. The minimum Gasteiger partial charge on any atom is -0.210 e. The quantitative estimate of drug-likeness (QED) is 0.784. The number of halogens is 1. The minimum absolute atomic E-state index is 0.347. The van der Waals surface area contributed by atoms with Gasteiger partial charge >= 0.3 is 0 Å². The summed E-state index contributed by atoms with van der Waals surface area (Å²) in [5, 5.41) is 0. The largest absolute Gasteiger partial charge is 0.250 e. The maximum atomic E-state index is 12.0. The molecule has 0 saturated carbocycles. The fraction of sp³-hybridized carbons (Fsp3) is 0.286. The highest BCUT2D eigenvalue weighted by atomic mass is 79.9. The summed E-state index contributed by atoms with van der Waals surface area (Å²) < 4.78 is 27.8. The molecule has 1 aromatic heterocycles. The summed E-state index contributed by atoms with van der Waals surface area (Å²) >= 11 is 4.49. The molecule has 6 heteroatoms. The normalized spacial score (nSPS) is 11.7. The lowest BCUT2D eigenvalue weighted by molar-refractivity contribution is 0.581. The third-order valence-corrected chi connectivity index (χ3v) is 6.44. The monoisotopic (exact) mass is 373 g/mol. The van der Waals surface area contributed by atoms with Gasteiger partial charge in [0.25, 0.3) is 0 Å². The molecule has 0 radical (unpaired) electrons. The van der Waals surface area contributed by atoms with Gasteiger partial charge in [-0.3, -0.25) is 0 Å². The van der Waals surface area contributed by atoms with Crippen molar-refractivity contribution in [1.82, 2.24) is 4.72 Å². The average Bonchev–Trinajstić information content (AvgIpc) is 2.84. The number of hydrogen-bond acceptors (Lipinski definition) is 3. The molecule has 2 rings (SSSR count). The molecule has 0 fully saturated rings. The Bertz CT molecular complexity index is 663. The highest BCUT2D eigenvalue weighted by molar-refractivity contribution is 9.11. The van der Waals surface area contributed by atoms with Gasteiger partial charge in [-0.05, 0) is 53.4 Å². The van der Waals surface area contributed by atoms with Gasteiger partial charge in [-0.25, -0.2) is 13.1 Å². The maximum absolute atomic E-state index is 12.0. The van der Waals surface area contributed by atoms with Crippen LogP contribution in [0.25, 0.3) is 0 Å². The van der Waals surface area contributed by atoms with Crippen LogP contribution in [0.2, 0.25) is 0 Å². The standard InChI is InChI=1S/C14H16BrNO2S2/c1-11-4-6-12(7-5-11)3-2-10-16-20(17,18)14-9-8-13(15)19-14/h4-9,16H,2-3,10H2,1H3. The number of nitrogens with one attached hydrogen (secondary N) is 1. The van der Waals surface area contributed by atoms with E-state index in [0.29, 0.717) is 10.8 Å². The van der Waals surface area contributed by atoms with Gasteiger partial charge in [-0.2, -0.15) is 0 Å². The van der Waals surface area contributed by atoms with Gasteiger partial charge in [-0.1, -0.05) is 29.8 Å². The molecule has 20 heavy (non-hydrogen) atoms. The Morgan fingerprint density at radius 1 is 1.15 bits per heavy atom. The second-order valence-electron chi connectivity index (χ2n) is 4.55. The first-order valence-electron chi connectivity index (χ1n) is 6.28. The van der Waals surface area contributed by atoms with E-state index in [1.165, 1.54) is 22.5 Å². The van der Waals surface area contributed by atoms with Gasteiger partial charge in [0, 0.05) is 6.54 Å². The number of thiophene rings is 1. The number of benzene rings is 1. The minimum atomic E-state index is -3.36. The van der Waals surface area contributed by atoms with Crippen molar-refractivity contribution in [2.45, 2.75) is 24.0 Å². The lowest BCUT2D eigenvalue weighted by atomic mass is 10.1. The van der Waals surface area contributed by atoms with Crippen molar-refractivity contribution in [2.75, 3.05) is 6.54 Å². The van der Waals surface area contributed by atoms with Gasteiger partial charge < -0.3 is 0 Å². The van der Waals surface area contributed by atoms with Crippen LogP contribution in [0, 0.1) is 6.92 Å². The summed E-state index contributed by atoms with van der Waals surface area (Å²) in [5.74, 6) is 0. The van der Waals surface area contributed by atoms with E-state index in [9.17, 15) is 8.42 Å². The molecule has 0 unspecified atom stereocenters. The maximum Gasteiger partial charge on any atom is 0.250 e. The van der Waals surface area contributed by atoms with Crippen LogP contribution in [0.4, 0.5) is 0 Å². The molecular weight excluding hydrogens is 358 g/mol. The zero-order valence-electron chi connectivity index (χ0n) is 11.1. The number of sulfonamides is 1. The van der Waals surface area contributed by atoms with Crippen LogP contribution >= 0.6 is 27.3 Å². The zero-order chi connectivity index (χ0) is 14.6. The summed E-state index contributed by atoms with van der Waals surface area (Å²) in [6.45, 7) is 2.50. The summed E-state index contributed by atoms with van der Waals surface area (Å²) in [7, 11) is -3.36. The molecule has 0 saturated heterocycles. The van der Waals surface area contributed by atoms with E-state index in [4.69, 9.17) is 0 Å². The van der Waals surface area contributed by atoms with E-state index in [0.717, 1.165) is 16.6 Å². The van der Waals surface area contributed by atoms with E-state index in [2.05, 4.69) is 51.8 Å². The van der Waals surface area contributed by atoms with Crippen molar-refractivity contribution in [2.24, 2.45) is 0 Å². The lowest BCUT2D eigenvalue weighted by Crippen LogP contribution is -2.24.